The van der Waals surface area contributed by atoms with Crippen LogP contribution in [0.1, 0.15) is 0 Å². The fourth-order valence-corrected chi connectivity index (χ4v) is 1.56. The zero-order chi connectivity index (χ0) is 10.4. The first kappa shape index (κ1) is 10.3. The average Bonchev–Trinajstić information content (AvgIpc) is 1.82. The Labute approximate surface area is 70.4 Å². The molecule has 1 rings (SSSR count). The van der Waals surface area contributed by atoms with E-state index in [9.17, 15) is 19.9 Å². The topological polar surface area (TPSA) is 20.2 Å². The third kappa shape index (κ3) is 2.31. The Kier molecular flexibility index (Phi) is 1.56. The van der Waals surface area contributed by atoms with Crippen molar-refractivity contribution in [1.82, 2.24) is 0 Å². The third-order valence-corrected chi connectivity index (χ3v) is 2.46. The summed E-state index contributed by atoms with van der Waals surface area (Å²) in [5, 5.41) is 0. The molecule has 0 aliphatic carbocycles. The second kappa shape index (κ2) is 1.98. The van der Waals surface area contributed by atoms with Crippen LogP contribution in [0.5, 0.6) is 0 Å². The number of halogens is 5. The Morgan fingerprint density at radius 3 is 1.77 bits per heavy atom. The van der Waals surface area contributed by atoms with Crippen molar-refractivity contribution in [1.29, 1.82) is 0 Å². The lowest BCUT2D eigenvalue weighted by Crippen LogP contribution is -2.13. The van der Waals surface area contributed by atoms with Crippen molar-refractivity contribution in [3.05, 3.63) is 30.1 Å². The van der Waals surface area contributed by atoms with Gasteiger partial charge in [-0.1, -0.05) is 27.7 Å². The molecule has 76 valence electrons. The van der Waals surface area contributed by atoms with E-state index in [1.165, 1.54) is 0 Å². The van der Waals surface area contributed by atoms with Gasteiger partial charge in [-0.05, 0) is 12.1 Å². The SMILES string of the molecule is OS(F)(F)(F)(F)c1ccccc1F. The predicted octanol–water partition coefficient (Wildman–Crippen LogP) is 4.07. The van der Waals surface area contributed by atoms with Gasteiger partial charge < -0.3 is 0 Å². The van der Waals surface area contributed by atoms with E-state index in [1.54, 1.807) is 0 Å². The van der Waals surface area contributed by atoms with Crippen LogP contribution in [0.15, 0.2) is 29.2 Å². The van der Waals surface area contributed by atoms with E-state index >= 15 is 0 Å². The van der Waals surface area contributed by atoms with Gasteiger partial charge in [0.15, 0.2) is 0 Å². The van der Waals surface area contributed by atoms with Crippen molar-refractivity contribution in [3.63, 3.8) is 0 Å². The average molecular weight is 220 g/mol. The second-order valence-corrected chi connectivity index (χ2v) is 4.95. The lowest BCUT2D eigenvalue weighted by atomic mass is 10.4. The second-order valence-electron chi connectivity index (χ2n) is 2.46. The molecule has 1 aromatic carbocycles. The van der Waals surface area contributed by atoms with Crippen molar-refractivity contribution in [2.45, 2.75) is 4.90 Å². The van der Waals surface area contributed by atoms with E-state index in [2.05, 4.69) is 0 Å². The molecule has 0 amide bonds. The van der Waals surface area contributed by atoms with Crippen LogP contribution in [0.3, 0.4) is 0 Å². The lowest BCUT2D eigenvalue weighted by Gasteiger charge is -2.43. The maximum Gasteiger partial charge on any atom is 0.280 e. The van der Waals surface area contributed by atoms with E-state index in [4.69, 9.17) is 4.55 Å². The summed E-state index contributed by atoms with van der Waals surface area (Å²) < 4.78 is 69.1. The molecule has 0 radical (unpaired) electrons. The first-order valence-electron chi connectivity index (χ1n) is 3.02. The summed E-state index contributed by atoms with van der Waals surface area (Å²) in [5.74, 6) is -1.83. The third-order valence-electron chi connectivity index (χ3n) is 1.27. The van der Waals surface area contributed by atoms with Crippen LogP contribution in [0.2, 0.25) is 0 Å². The Morgan fingerprint density at radius 2 is 1.46 bits per heavy atom. The van der Waals surface area contributed by atoms with Crippen molar-refractivity contribution in [2.75, 3.05) is 0 Å². The number of hydrogen-bond donors (Lipinski definition) is 1. The normalized spacial score (nSPS) is 17.7. The van der Waals surface area contributed by atoms with Crippen LogP contribution in [0.25, 0.3) is 0 Å². The minimum absolute atomic E-state index is 0.150. The summed E-state index contributed by atoms with van der Waals surface area (Å²) in [6.07, 6.45) is 0. The van der Waals surface area contributed by atoms with Crippen molar-refractivity contribution in [3.8, 4) is 0 Å². The van der Waals surface area contributed by atoms with Gasteiger partial charge in [-0.15, -0.1) is 0 Å². The van der Waals surface area contributed by atoms with Crippen molar-refractivity contribution < 1.29 is 24.5 Å². The van der Waals surface area contributed by atoms with Crippen LogP contribution < -0.4 is 0 Å². The molecule has 0 spiro atoms. The Morgan fingerprint density at radius 1 is 1.00 bits per heavy atom. The molecule has 0 saturated carbocycles. The van der Waals surface area contributed by atoms with Gasteiger partial charge in [0.2, 0.25) is 0 Å². The largest absolute Gasteiger partial charge is 0.280 e. The van der Waals surface area contributed by atoms with Crippen LogP contribution in [0, 0.1) is 5.82 Å². The molecule has 13 heavy (non-hydrogen) atoms. The summed E-state index contributed by atoms with van der Waals surface area (Å²) in [5.41, 5.74) is 0. The van der Waals surface area contributed by atoms with Crippen molar-refractivity contribution >= 4 is 10.1 Å². The van der Waals surface area contributed by atoms with Gasteiger partial charge in [0.05, 0.1) is 0 Å². The summed E-state index contributed by atoms with van der Waals surface area (Å²) in [6, 6.07) is 2.32. The summed E-state index contributed by atoms with van der Waals surface area (Å²) >= 11 is 0. The molecule has 0 aliphatic heterocycles. The fraction of sp³-hybridized carbons (Fsp3) is 0. The molecule has 0 aliphatic rings. The molecule has 1 N–H and O–H groups in total. The Bertz CT molecular complexity index is 342. The van der Waals surface area contributed by atoms with Crippen LogP contribution in [-0.2, 0) is 0 Å². The summed E-state index contributed by atoms with van der Waals surface area (Å²) in [6.45, 7) is 0. The van der Waals surface area contributed by atoms with Crippen molar-refractivity contribution in [2.24, 2.45) is 0 Å². The van der Waals surface area contributed by atoms with Gasteiger partial charge in [0, 0.05) is 0 Å². The zero-order valence-corrected chi connectivity index (χ0v) is 6.87. The minimum Gasteiger partial charge on any atom is -0.275 e. The highest BCUT2D eigenvalue weighted by Gasteiger charge is 2.64. The monoisotopic (exact) mass is 220 g/mol. The molecule has 0 fully saturated rings. The molecule has 7 heteroatoms. The van der Waals surface area contributed by atoms with E-state index in [0.717, 1.165) is 12.1 Å². The molecule has 0 unspecified atom stereocenters. The Hall–Kier alpha value is -0.820. The predicted molar refractivity (Wildman–Crippen MR) is 39.3 cm³/mol. The first-order chi connectivity index (χ1) is 5.50. The van der Waals surface area contributed by atoms with Crippen LogP contribution in [0.4, 0.5) is 19.9 Å². The van der Waals surface area contributed by atoms with Gasteiger partial charge in [-0.3, -0.25) is 4.55 Å². The van der Waals surface area contributed by atoms with E-state index in [1.807, 2.05) is 0 Å². The van der Waals surface area contributed by atoms with Gasteiger partial charge in [-0.2, -0.15) is 0 Å². The van der Waals surface area contributed by atoms with Gasteiger partial charge >= 0.3 is 0 Å². The lowest BCUT2D eigenvalue weighted by molar-refractivity contribution is 0.289. The summed E-state index contributed by atoms with van der Waals surface area (Å²) in [7, 11) is -9.35. The molecule has 1 aromatic rings. The van der Waals surface area contributed by atoms with Gasteiger partial charge in [-0.25, -0.2) is 4.39 Å². The minimum atomic E-state index is -9.35. The van der Waals surface area contributed by atoms with Gasteiger partial charge in [0.1, 0.15) is 10.7 Å². The van der Waals surface area contributed by atoms with Crippen LogP contribution >= 0.6 is 10.1 Å². The maximum atomic E-state index is 12.5. The molecule has 0 bridgehead atoms. The number of hydrogen-bond acceptors (Lipinski definition) is 1. The molecule has 0 heterocycles. The van der Waals surface area contributed by atoms with E-state index in [-0.39, 0.29) is 6.07 Å². The Balaban J connectivity index is 3.50. The molecule has 0 aromatic heterocycles. The van der Waals surface area contributed by atoms with E-state index in [0.29, 0.717) is 6.07 Å². The maximum absolute atomic E-state index is 12.5. The highest BCUT2D eigenvalue weighted by molar-refractivity contribution is 8.45. The standard InChI is InChI=1S/C6H5F5OS/c7-5-3-1-2-4-6(5)13(8,9,10,11)12/h1-4,12H. The quantitative estimate of drug-likeness (QED) is 0.707. The molecule has 1 nitrogen and oxygen atoms in total. The molecule has 0 atom stereocenters. The van der Waals surface area contributed by atoms with Gasteiger partial charge in [0.25, 0.3) is 10.1 Å². The highest BCUT2D eigenvalue weighted by Crippen LogP contribution is 2.98. The summed E-state index contributed by atoms with van der Waals surface area (Å²) in [4.78, 5) is -2.25. The number of benzene rings is 1. The molecular formula is C6H5F5OS. The molecule has 0 saturated heterocycles. The smallest absolute Gasteiger partial charge is 0.275 e. The molecular weight excluding hydrogens is 215 g/mol. The van der Waals surface area contributed by atoms with E-state index < -0.39 is 20.8 Å². The van der Waals surface area contributed by atoms with Crippen LogP contribution in [-0.4, -0.2) is 4.55 Å². The highest BCUT2D eigenvalue weighted by atomic mass is 32.5. The number of rotatable bonds is 1. The first-order valence-corrected chi connectivity index (χ1v) is 5.03. The zero-order valence-electron chi connectivity index (χ0n) is 6.05. The fourth-order valence-electron chi connectivity index (χ4n) is 0.769.